The normalized spacial score (nSPS) is 10.0. The number of rotatable bonds is 6. The molecule has 5 nitrogen and oxygen atoms in total. The van der Waals surface area contributed by atoms with Gasteiger partial charge in [-0.1, -0.05) is 35.9 Å². The monoisotopic (exact) mass is 332 g/mol. The molecule has 0 aromatic heterocycles. The maximum atomic E-state index is 11.9. The summed E-state index contributed by atoms with van der Waals surface area (Å²) in [4.78, 5) is 23.7. The van der Waals surface area contributed by atoms with Gasteiger partial charge in [0.05, 0.1) is 24.2 Å². The van der Waals surface area contributed by atoms with Crippen LogP contribution in [0.15, 0.2) is 48.5 Å². The molecule has 0 atom stereocenters. The van der Waals surface area contributed by atoms with Gasteiger partial charge in [-0.2, -0.15) is 0 Å². The lowest BCUT2D eigenvalue weighted by Gasteiger charge is -2.08. The molecule has 0 saturated heterocycles. The number of methoxy groups -OCH3 is 1. The Balaban J connectivity index is 1.78. The molecular formula is C17H17ClN2O3. The summed E-state index contributed by atoms with van der Waals surface area (Å²) in [5.41, 5.74) is 1.29. The number of nitrogens with one attached hydrogen (secondary N) is 2. The average Bonchev–Trinajstić information content (AvgIpc) is 2.58. The topological polar surface area (TPSA) is 67.4 Å². The molecular weight excluding hydrogens is 316 g/mol. The summed E-state index contributed by atoms with van der Waals surface area (Å²) in [5, 5.41) is 5.62. The first-order valence-corrected chi connectivity index (χ1v) is 7.40. The average molecular weight is 333 g/mol. The lowest BCUT2D eigenvalue weighted by Crippen LogP contribution is -2.36. The first-order chi connectivity index (χ1) is 11.1. The highest BCUT2D eigenvalue weighted by molar-refractivity contribution is 6.33. The number of halogens is 1. The zero-order valence-electron chi connectivity index (χ0n) is 12.6. The molecule has 2 rings (SSSR count). The van der Waals surface area contributed by atoms with Gasteiger partial charge in [0.2, 0.25) is 5.91 Å². The second kappa shape index (κ2) is 8.19. The van der Waals surface area contributed by atoms with Crippen molar-refractivity contribution in [2.24, 2.45) is 0 Å². The second-order valence-corrected chi connectivity index (χ2v) is 5.19. The molecule has 2 amide bonds. The van der Waals surface area contributed by atoms with E-state index in [0.29, 0.717) is 17.1 Å². The minimum absolute atomic E-state index is 0.111. The van der Waals surface area contributed by atoms with E-state index < -0.39 is 0 Å². The Morgan fingerprint density at radius 3 is 2.39 bits per heavy atom. The minimum Gasteiger partial charge on any atom is -0.497 e. The summed E-state index contributed by atoms with van der Waals surface area (Å²) in [6.07, 6.45) is 0. The van der Waals surface area contributed by atoms with E-state index in [9.17, 15) is 9.59 Å². The molecule has 0 heterocycles. The van der Waals surface area contributed by atoms with Crippen molar-refractivity contribution in [1.82, 2.24) is 10.6 Å². The fourth-order valence-electron chi connectivity index (χ4n) is 1.91. The molecule has 23 heavy (non-hydrogen) atoms. The highest BCUT2D eigenvalue weighted by Gasteiger charge is 2.10. The van der Waals surface area contributed by atoms with Gasteiger partial charge in [0.15, 0.2) is 0 Å². The van der Waals surface area contributed by atoms with E-state index >= 15 is 0 Å². The first kappa shape index (κ1) is 16.8. The third-order valence-electron chi connectivity index (χ3n) is 3.18. The number of benzene rings is 2. The molecule has 120 valence electrons. The molecule has 0 aliphatic carbocycles. The molecule has 0 radical (unpaired) electrons. The Morgan fingerprint density at radius 1 is 1.04 bits per heavy atom. The van der Waals surface area contributed by atoms with Crippen molar-refractivity contribution in [2.45, 2.75) is 6.54 Å². The number of ether oxygens (including phenoxy) is 1. The summed E-state index contributed by atoms with van der Waals surface area (Å²) in [6, 6.07) is 14.0. The second-order valence-electron chi connectivity index (χ2n) is 4.79. The van der Waals surface area contributed by atoms with Crippen LogP contribution in [0.3, 0.4) is 0 Å². The lowest BCUT2D eigenvalue weighted by molar-refractivity contribution is -0.120. The Bertz CT molecular complexity index is 686. The van der Waals surface area contributed by atoms with Crippen molar-refractivity contribution in [3.8, 4) is 5.75 Å². The SMILES string of the molecule is COc1ccc(CNC(=O)CNC(=O)c2ccccc2Cl)cc1. The molecule has 0 saturated carbocycles. The van der Waals surface area contributed by atoms with Crippen molar-refractivity contribution in [1.29, 1.82) is 0 Å². The Morgan fingerprint density at radius 2 is 1.74 bits per heavy atom. The molecule has 2 N–H and O–H groups in total. The van der Waals surface area contributed by atoms with Crippen LogP contribution in [-0.2, 0) is 11.3 Å². The van der Waals surface area contributed by atoms with E-state index in [1.54, 1.807) is 31.4 Å². The summed E-state index contributed by atoms with van der Waals surface area (Å²) in [6.45, 7) is 0.269. The number of amides is 2. The van der Waals surface area contributed by atoms with Gasteiger partial charge in [0.25, 0.3) is 5.91 Å². The third kappa shape index (κ3) is 5.00. The highest BCUT2D eigenvalue weighted by Crippen LogP contribution is 2.14. The summed E-state index contributed by atoms with van der Waals surface area (Å²) < 4.78 is 5.07. The lowest BCUT2D eigenvalue weighted by atomic mass is 10.2. The standard InChI is InChI=1S/C17H17ClN2O3/c1-23-13-8-6-12(7-9-13)10-19-16(21)11-20-17(22)14-4-2-3-5-15(14)18/h2-9H,10-11H2,1H3,(H,19,21)(H,20,22). The zero-order valence-corrected chi connectivity index (χ0v) is 13.4. The number of carbonyl (C=O) groups is 2. The van der Waals surface area contributed by atoms with E-state index in [1.165, 1.54) is 0 Å². The summed E-state index contributed by atoms with van der Waals surface area (Å²) >= 11 is 5.93. The van der Waals surface area contributed by atoms with Crippen molar-refractivity contribution >= 4 is 23.4 Å². The molecule has 2 aromatic rings. The van der Waals surface area contributed by atoms with Crippen molar-refractivity contribution in [3.05, 3.63) is 64.7 Å². The predicted octanol–water partition coefficient (Wildman–Crippen LogP) is 2.39. The van der Waals surface area contributed by atoms with Crippen LogP contribution in [0.2, 0.25) is 5.02 Å². The van der Waals surface area contributed by atoms with Crippen molar-refractivity contribution in [3.63, 3.8) is 0 Å². The molecule has 6 heteroatoms. The molecule has 2 aromatic carbocycles. The van der Waals surface area contributed by atoms with Crippen molar-refractivity contribution in [2.75, 3.05) is 13.7 Å². The van der Waals surface area contributed by atoms with E-state index in [1.807, 2.05) is 24.3 Å². The van der Waals surface area contributed by atoms with Crippen molar-refractivity contribution < 1.29 is 14.3 Å². The number of carbonyl (C=O) groups excluding carboxylic acids is 2. The first-order valence-electron chi connectivity index (χ1n) is 7.02. The fraction of sp³-hybridized carbons (Fsp3) is 0.176. The van der Waals surface area contributed by atoms with Gasteiger partial charge in [-0.3, -0.25) is 9.59 Å². The van der Waals surface area contributed by atoms with E-state index in [0.717, 1.165) is 11.3 Å². The van der Waals surface area contributed by atoms with Crippen LogP contribution in [0.1, 0.15) is 15.9 Å². The number of hydrogen-bond acceptors (Lipinski definition) is 3. The fourth-order valence-corrected chi connectivity index (χ4v) is 2.13. The summed E-state index contributed by atoms with van der Waals surface area (Å²) in [7, 11) is 1.60. The summed E-state index contributed by atoms with van der Waals surface area (Å²) in [5.74, 6) is 0.100. The molecule has 0 bridgehead atoms. The molecule has 0 spiro atoms. The van der Waals surface area contributed by atoms with E-state index in [2.05, 4.69) is 10.6 Å². The highest BCUT2D eigenvalue weighted by atomic mass is 35.5. The molecule has 0 aliphatic heterocycles. The molecule has 0 fully saturated rings. The van der Waals surface area contributed by atoms with E-state index in [-0.39, 0.29) is 18.4 Å². The van der Waals surface area contributed by atoms with Gasteiger partial charge in [-0.05, 0) is 29.8 Å². The van der Waals surface area contributed by atoms with Gasteiger partial charge < -0.3 is 15.4 Å². The van der Waals surface area contributed by atoms with Crippen LogP contribution >= 0.6 is 11.6 Å². The Labute approximate surface area is 139 Å². The largest absolute Gasteiger partial charge is 0.497 e. The van der Waals surface area contributed by atoms with Gasteiger partial charge in [0.1, 0.15) is 5.75 Å². The molecule has 0 unspecified atom stereocenters. The van der Waals surface area contributed by atoms with Gasteiger partial charge in [-0.25, -0.2) is 0 Å². The van der Waals surface area contributed by atoms with Gasteiger partial charge in [-0.15, -0.1) is 0 Å². The van der Waals surface area contributed by atoms with Crippen LogP contribution in [0, 0.1) is 0 Å². The van der Waals surface area contributed by atoms with Gasteiger partial charge in [0, 0.05) is 6.54 Å². The van der Waals surface area contributed by atoms with E-state index in [4.69, 9.17) is 16.3 Å². The molecule has 0 aliphatic rings. The predicted molar refractivity (Wildman–Crippen MR) is 88.6 cm³/mol. The number of hydrogen-bond donors (Lipinski definition) is 2. The van der Waals surface area contributed by atoms with Gasteiger partial charge >= 0.3 is 0 Å². The zero-order chi connectivity index (χ0) is 16.7. The van der Waals surface area contributed by atoms with Crippen LogP contribution in [0.25, 0.3) is 0 Å². The Kier molecular flexibility index (Phi) is 6.00. The minimum atomic E-state index is -0.379. The quantitative estimate of drug-likeness (QED) is 0.853. The van der Waals surface area contributed by atoms with Crippen LogP contribution in [0.4, 0.5) is 0 Å². The Hall–Kier alpha value is -2.53. The van der Waals surface area contributed by atoms with Crippen LogP contribution < -0.4 is 15.4 Å². The maximum absolute atomic E-state index is 11.9. The van der Waals surface area contributed by atoms with Crippen LogP contribution in [-0.4, -0.2) is 25.5 Å². The van der Waals surface area contributed by atoms with Crippen LogP contribution in [0.5, 0.6) is 5.75 Å². The third-order valence-corrected chi connectivity index (χ3v) is 3.51. The maximum Gasteiger partial charge on any atom is 0.253 e. The smallest absolute Gasteiger partial charge is 0.253 e.